The van der Waals surface area contributed by atoms with Crippen LogP contribution in [0.25, 0.3) is 0 Å². The number of aliphatic hydroxyl groups excluding tert-OH is 1. The molecule has 0 unspecified atom stereocenters. The van der Waals surface area contributed by atoms with Gasteiger partial charge in [0.25, 0.3) is 0 Å². The van der Waals surface area contributed by atoms with E-state index in [0.29, 0.717) is 0 Å². The van der Waals surface area contributed by atoms with Gasteiger partial charge in [0.2, 0.25) is 0 Å². The molecule has 4 heteroatoms. The molecule has 0 atom stereocenters. The summed E-state index contributed by atoms with van der Waals surface area (Å²) in [6, 6.07) is 6.72. The number of hydrogen-bond acceptors (Lipinski definition) is 3. The van der Waals surface area contributed by atoms with Gasteiger partial charge in [0.1, 0.15) is 0 Å². The SMILES string of the molecule is Cc1cccc(S(=O)(=O)C(C)(C)CO)c1. The lowest BCUT2D eigenvalue weighted by atomic mass is 10.2. The number of hydrogen-bond donors (Lipinski definition) is 1. The molecule has 0 saturated carbocycles. The minimum absolute atomic E-state index is 0.265. The summed E-state index contributed by atoms with van der Waals surface area (Å²) in [7, 11) is -3.46. The van der Waals surface area contributed by atoms with Gasteiger partial charge in [-0.15, -0.1) is 0 Å². The van der Waals surface area contributed by atoms with E-state index >= 15 is 0 Å². The molecule has 1 rings (SSSR count). The molecular formula is C11H16O3S. The fraction of sp³-hybridized carbons (Fsp3) is 0.455. The molecule has 0 bridgehead atoms. The third-order valence-electron chi connectivity index (χ3n) is 2.41. The summed E-state index contributed by atoms with van der Waals surface area (Å²) in [6.45, 7) is 4.49. The first kappa shape index (κ1) is 12.2. The van der Waals surface area contributed by atoms with Gasteiger partial charge in [-0.3, -0.25) is 0 Å². The molecule has 0 heterocycles. The summed E-state index contributed by atoms with van der Waals surface area (Å²) in [5.74, 6) is 0. The Bertz CT molecular complexity index is 447. The van der Waals surface area contributed by atoms with Gasteiger partial charge in [-0.05, 0) is 38.5 Å². The standard InChI is InChI=1S/C11H16O3S/c1-9-5-4-6-10(7-9)15(13,14)11(2,3)8-12/h4-7,12H,8H2,1-3H3. The van der Waals surface area contributed by atoms with Crippen LogP contribution in [0, 0.1) is 6.92 Å². The Balaban J connectivity index is 3.30. The van der Waals surface area contributed by atoms with Crippen LogP contribution in [0.4, 0.5) is 0 Å². The molecule has 0 radical (unpaired) electrons. The lowest BCUT2D eigenvalue weighted by Crippen LogP contribution is -2.35. The van der Waals surface area contributed by atoms with Crippen molar-refractivity contribution < 1.29 is 13.5 Å². The molecule has 0 aromatic heterocycles. The van der Waals surface area contributed by atoms with E-state index in [1.807, 2.05) is 13.0 Å². The Labute approximate surface area is 90.7 Å². The molecule has 0 fully saturated rings. The Kier molecular flexibility index (Phi) is 3.21. The van der Waals surface area contributed by atoms with Crippen molar-refractivity contribution in [2.24, 2.45) is 0 Å². The Hall–Kier alpha value is -0.870. The fourth-order valence-corrected chi connectivity index (χ4v) is 2.59. The topological polar surface area (TPSA) is 54.4 Å². The molecule has 1 N–H and O–H groups in total. The number of benzene rings is 1. The van der Waals surface area contributed by atoms with Gasteiger partial charge in [-0.1, -0.05) is 12.1 Å². The fourth-order valence-electron chi connectivity index (χ4n) is 1.19. The smallest absolute Gasteiger partial charge is 0.185 e. The van der Waals surface area contributed by atoms with Gasteiger partial charge in [-0.25, -0.2) is 8.42 Å². The van der Waals surface area contributed by atoms with E-state index in [-0.39, 0.29) is 11.5 Å². The third kappa shape index (κ3) is 2.21. The maximum Gasteiger partial charge on any atom is 0.185 e. The van der Waals surface area contributed by atoms with Crippen molar-refractivity contribution >= 4 is 9.84 Å². The molecule has 0 spiro atoms. The maximum absolute atomic E-state index is 12.1. The maximum atomic E-state index is 12.1. The number of aliphatic hydroxyl groups is 1. The predicted molar refractivity (Wildman–Crippen MR) is 59.5 cm³/mol. The van der Waals surface area contributed by atoms with Crippen molar-refractivity contribution in [3.63, 3.8) is 0 Å². The zero-order chi connectivity index (χ0) is 11.7. The van der Waals surface area contributed by atoms with Crippen LogP contribution < -0.4 is 0 Å². The molecule has 0 aliphatic heterocycles. The van der Waals surface area contributed by atoms with Crippen LogP contribution in [0.3, 0.4) is 0 Å². The van der Waals surface area contributed by atoms with Crippen molar-refractivity contribution in [2.75, 3.05) is 6.61 Å². The normalized spacial score (nSPS) is 12.8. The quantitative estimate of drug-likeness (QED) is 0.853. The van der Waals surface area contributed by atoms with Gasteiger partial charge in [-0.2, -0.15) is 0 Å². The first-order valence-corrected chi connectivity index (χ1v) is 6.22. The summed E-state index contributed by atoms with van der Waals surface area (Å²) in [4.78, 5) is 0.265. The van der Waals surface area contributed by atoms with E-state index in [4.69, 9.17) is 5.11 Å². The summed E-state index contributed by atoms with van der Waals surface area (Å²) >= 11 is 0. The van der Waals surface area contributed by atoms with Crippen LogP contribution in [-0.4, -0.2) is 24.9 Å². The van der Waals surface area contributed by atoms with Crippen LogP contribution in [0.5, 0.6) is 0 Å². The van der Waals surface area contributed by atoms with Crippen LogP contribution in [-0.2, 0) is 9.84 Å². The van der Waals surface area contributed by atoms with Gasteiger partial charge >= 0.3 is 0 Å². The monoisotopic (exact) mass is 228 g/mol. The van der Waals surface area contributed by atoms with Crippen LogP contribution in [0.15, 0.2) is 29.2 Å². The van der Waals surface area contributed by atoms with Gasteiger partial charge in [0, 0.05) is 0 Å². The first-order chi connectivity index (χ1) is 6.81. The molecular weight excluding hydrogens is 212 g/mol. The van der Waals surface area contributed by atoms with Gasteiger partial charge in [0.15, 0.2) is 9.84 Å². The second kappa shape index (κ2) is 3.94. The Morgan fingerprint density at radius 3 is 2.40 bits per heavy atom. The zero-order valence-electron chi connectivity index (χ0n) is 9.19. The van der Waals surface area contributed by atoms with Crippen molar-refractivity contribution in [1.29, 1.82) is 0 Å². The van der Waals surface area contributed by atoms with E-state index in [9.17, 15) is 8.42 Å². The molecule has 1 aromatic carbocycles. The minimum Gasteiger partial charge on any atom is -0.395 e. The summed E-state index contributed by atoms with van der Waals surface area (Å²) in [6.07, 6.45) is 0. The summed E-state index contributed by atoms with van der Waals surface area (Å²) < 4.78 is 23.0. The second-order valence-corrected chi connectivity index (χ2v) is 6.82. The highest BCUT2D eigenvalue weighted by atomic mass is 32.2. The lowest BCUT2D eigenvalue weighted by Gasteiger charge is -2.22. The van der Waals surface area contributed by atoms with Crippen molar-refractivity contribution in [3.8, 4) is 0 Å². The molecule has 0 aliphatic rings. The highest BCUT2D eigenvalue weighted by molar-refractivity contribution is 7.92. The first-order valence-electron chi connectivity index (χ1n) is 4.73. The predicted octanol–water partition coefficient (Wildman–Crippen LogP) is 1.54. The van der Waals surface area contributed by atoms with Crippen molar-refractivity contribution in [1.82, 2.24) is 0 Å². The Morgan fingerprint density at radius 2 is 1.93 bits per heavy atom. The molecule has 0 aliphatic carbocycles. The second-order valence-electron chi connectivity index (χ2n) is 4.24. The van der Waals surface area contributed by atoms with E-state index in [2.05, 4.69) is 0 Å². The van der Waals surface area contributed by atoms with Gasteiger partial charge < -0.3 is 5.11 Å². The van der Waals surface area contributed by atoms with Crippen molar-refractivity contribution in [3.05, 3.63) is 29.8 Å². The third-order valence-corrected chi connectivity index (χ3v) is 4.87. The highest BCUT2D eigenvalue weighted by Crippen LogP contribution is 2.25. The molecule has 1 aromatic rings. The summed E-state index contributed by atoms with van der Waals surface area (Å²) in [5.41, 5.74) is 0.893. The van der Waals surface area contributed by atoms with Gasteiger partial charge in [0.05, 0.1) is 16.2 Å². The number of rotatable bonds is 3. The average Bonchev–Trinajstić information content (AvgIpc) is 2.17. The average molecular weight is 228 g/mol. The number of sulfone groups is 1. The summed E-state index contributed by atoms with van der Waals surface area (Å²) in [5, 5.41) is 9.08. The van der Waals surface area contributed by atoms with E-state index < -0.39 is 14.6 Å². The molecule has 0 amide bonds. The van der Waals surface area contributed by atoms with Crippen LogP contribution in [0.1, 0.15) is 19.4 Å². The number of aryl methyl sites for hydroxylation is 1. The largest absolute Gasteiger partial charge is 0.395 e. The zero-order valence-corrected chi connectivity index (χ0v) is 10.0. The lowest BCUT2D eigenvalue weighted by molar-refractivity contribution is 0.258. The minimum atomic E-state index is -3.46. The van der Waals surface area contributed by atoms with Crippen molar-refractivity contribution in [2.45, 2.75) is 30.4 Å². The molecule has 84 valence electrons. The van der Waals surface area contributed by atoms with E-state index in [1.165, 1.54) is 13.8 Å². The molecule has 15 heavy (non-hydrogen) atoms. The Morgan fingerprint density at radius 1 is 1.33 bits per heavy atom. The van der Waals surface area contributed by atoms with E-state index in [1.54, 1.807) is 18.2 Å². The molecule has 3 nitrogen and oxygen atoms in total. The molecule has 0 saturated heterocycles. The highest BCUT2D eigenvalue weighted by Gasteiger charge is 2.34. The van der Waals surface area contributed by atoms with Crippen LogP contribution in [0.2, 0.25) is 0 Å². The van der Waals surface area contributed by atoms with E-state index in [0.717, 1.165) is 5.56 Å². The van der Waals surface area contributed by atoms with Crippen LogP contribution >= 0.6 is 0 Å².